The molecule has 6 heteroatoms. The van der Waals surface area contributed by atoms with Crippen molar-refractivity contribution in [3.05, 3.63) is 70.9 Å². The van der Waals surface area contributed by atoms with Gasteiger partial charge < -0.3 is 14.8 Å². The largest absolute Gasteiger partial charge is 0.483 e. The van der Waals surface area contributed by atoms with Gasteiger partial charge in [-0.2, -0.15) is 0 Å². The first-order valence-electron chi connectivity index (χ1n) is 8.91. The van der Waals surface area contributed by atoms with E-state index in [1.807, 2.05) is 50.2 Å². The number of hydrogen-bond donors (Lipinski definition) is 1. The van der Waals surface area contributed by atoms with E-state index >= 15 is 0 Å². The summed E-state index contributed by atoms with van der Waals surface area (Å²) in [6.07, 6.45) is 0. The van der Waals surface area contributed by atoms with Gasteiger partial charge in [0.15, 0.2) is 12.3 Å². The predicted octanol–water partition coefficient (Wildman–Crippen LogP) is 3.33. The molecule has 0 fully saturated rings. The molecule has 0 atom stereocenters. The van der Waals surface area contributed by atoms with Gasteiger partial charge in [0.1, 0.15) is 5.75 Å². The van der Waals surface area contributed by atoms with Crippen LogP contribution in [0.15, 0.2) is 48.5 Å². The van der Waals surface area contributed by atoms with Crippen molar-refractivity contribution in [3.8, 4) is 5.75 Å². The lowest BCUT2D eigenvalue weighted by Crippen LogP contribution is -2.28. The van der Waals surface area contributed by atoms with Crippen LogP contribution in [0.3, 0.4) is 0 Å². The summed E-state index contributed by atoms with van der Waals surface area (Å²) < 4.78 is 10.5. The molecular weight excluding hydrogens is 356 g/mol. The number of rotatable bonds is 6. The Hall–Kier alpha value is -3.41. The topological polar surface area (TPSA) is 77.5 Å². The highest BCUT2D eigenvalue weighted by Gasteiger charge is 2.14. The average molecular weight is 378 g/mol. The highest BCUT2D eigenvalue weighted by atomic mass is 16.5. The lowest BCUT2D eigenvalue weighted by Gasteiger charge is -2.12. The summed E-state index contributed by atoms with van der Waals surface area (Å²) in [6, 6.07) is 15.0. The zero-order valence-electron chi connectivity index (χ0n) is 16.1. The SMILES string of the molecule is COC(=O)c1cc(OCC(=O)NCc2ccc(C)cc2)c2cc(C)ccc2n1. The van der Waals surface area contributed by atoms with Gasteiger partial charge in [0.05, 0.1) is 12.6 Å². The molecule has 0 bridgehead atoms. The number of carbonyl (C=O) groups excluding carboxylic acids is 2. The quantitative estimate of drug-likeness (QED) is 0.666. The Balaban J connectivity index is 1.73. The summed E-state index contributed by atoms with van der Waals surface area (Å²) in [7, 11) is 1.29. The van der Waals surface area contributed by atoms with E-state index < -0.39 is 5.97 Å². The van der Waals surface area contributed by atoms with E-state index in [0.717, 1.165) is 16.5 Å². The third-order valence-electron chi connectivity index (χ3n) is 4.29. The average Bonchev–Trinajstić information content (AvgIpc) is 2.70. The van der Waals surface area contributed by atoms with E-state index in [1.165, 1.54) is 18.7 Å². The van der Waals surface area contributed by atoms with Crippen molar-refractivity contribution in [2.45, 2.75) is 20.4 Å². The number of methoxy groups -OCH3 is 1. The Morgan fingerprint density at radius 2 is 1.71 bits per heavy atom. The molecule has 1 aromatic heterocycles. The van der Waals surface area contributed by atoms with Crippen molar-refractivity contribution in [1.82, 2.24) is 10.3 Å². The van der Waals surface area contributed by atoms with Gasteiger partial charge in [-0.15, -0.1) is 0 Å². The maximum absolute atomic E-state index is 12.2. The number of nitrogens with one attached hydrogen (secondary N) is 1. The molecule has 0 saturated carbocycles. The molecule has 0 aliphatic heterocycles. The molecule has 0 aliphatic rings. The fourth-order valence-electron chi connectivity index (χ4n) is 2.74. The van der Waals surface area contributed by atoms with Gasteiger partial charge in [-0.3, -0.25) is 4.79 Å². The molecule has 1 amide bonds. The first-order valence-corrected chi connectivity index (χ1v) is 8.91. The van der Waals surface area contributed by atoms with Gasteiger partial charge in [0, 0.05) is 18.0 Å². The Bertz CT molecular complexity index is 1010. The number of pyridine rings is 1. The zero-order chi connectivity index (χ0) is 20.1. The van der Waals surface area contributed by atoms with Gasteiger partial charge in [-0.05, 0) is 31.5 Å². The van der Waals surface area contributed by atoms with Crippen molar-refractivity contribution >= 4 is 22.8 Å². The number of fused-ring (bicyclic) bond motifs is 1. The minimum Gasteiger partial charge on any atom is -0.483 e. The molecule has 3 rings (SSSR count). The first-order chi connectivity index (χ1) is 13.5. The van der Waals surface area contributed by atoms with Gasteiger partial charge in [0.25, 0.3) is 5.91 Å². The fraction of sp³-hybridized carbons (Fsp3) is 0.227. The van der Waals surface area contributed by atoms with Crippen LogP contribution in [0.4, 0.5) is 0 Å². The molecule has 1 N–H and O–H groups in total. The molecule has 6 nitrogen and oxygen atoms in total. The van der Waals surface area contributed by atoms with Gasteiger partial charge >= 0.3 is 5.97 Å². The fourth-order valence-corrected chi connectivity index (χ4v) is 2.74. The number of esters is 1. The van der Waals surface area contributed by atoms with Crippen LogP contribution in [0.5, 0.6) is 5.75 Å². The summed E-state index contributed by atoms with van der Waals surface area (Å²) >= 11 is 0. The minimum absolute atomic E-state index is 0.133. The van der Waals surface area contributed by atoms with Crippen molar-refractivity contribution in [3.63, 3.8) is 0 Å². The molecule has 1 heterocycles. The number of hydrogen-bond acceptors (Lipinski definition) is 5. The second-order valence-corrected chi connectivity index (χ2v) is 6.57. The number of aromatic nitrogens is 1. The monoisotopic (exact) mass is 378 g/mol. The second-order valence-electron chi connectivity index (χ2n) is 6.57. The van der Waals surface area contributed by atoms with E-state index in [2.05, 4.69) is 10.3 Å². The molecule has 144 valence electrons. The molecule has 28 heavy (non-hydrogen) atoms. The van der Waals surface area contributed by atoms with E-state index in [1.54, 1.807) is 6.07 Å². The molecule has 0 unspecified atom stereocenters. The van der Waals surface area contributed by atoms with Crippen molar-refractivity contribution in [2.75, 3.05) is 13.7 Å². The number of amides is 1. The van der Waals surface area contributed by atoms with Crippen LogP contribution in [0.25, 0.3) is 10.9 Å². The van der Waals surface area contributed by atoms with Crippen LogP contribution in [-0.2, 0) is 16.1 Å². The van der Waals surface area contributed by atoms with Gasteiger partial charge in [-0.25, -0.2) is 9.78 Å². The maximum atomic E-state index is 12.2. The zero-order valence-corrected chi connectivity index (χ0v) is 16.1. The Kier molecular flexibility index (Phi) is 5.89. The third-order valence-corrected chi connectivity index (χ3v) is 4.29. The predicted molar refractivity (Wildman–Crippen MR) is 106 cm³/mol. The molecule has 0 radical (unpaired) electrons. The molecule has 2 aromatic carbocycles. The lowest BCUT2D eigenvalue weighted by atomic mass is 10.1. The Labute approximate surface area is 163 Å². The lowest BCUT2D eigenvalue weighted by molar-refractivity contribution is -0.123. The highest BCUT2D eigenvalue weighted by molar-refractivity contribution is 5.94. The van der Waals surface area contributed by atoms with Crippen molar-refractivity contribution < 1.29 is 19.1 Å². The minimum atomic E-state index is -0.559. The number of carbonyl (C=O) groups is 2. The molecule has 0 spiro atoms. The summed E-state index contributed by atoms with van der Waals surface area (Å²) in [5.74, 6) is -0.395. The first kappa shape index (κ1) is 19.4. The maximum Gasteiger partial charge on any atom is 0.356 e. The van der Waals surface area contributed by atoms with E-state index in [4.69, 9.17) is 9.47 Å². The van der Waals surface area contributed by atoms with Crippen LogP contribution in [0.1, 0.15) is 27.2 Å². The van der Waals surface area contributed by atoms with Crippen LogP contribution in [0.2, 0.25) is 0 Å². The van der Waals surface area contributed by atoms with Crippen molar-refractivity contribution in [1.29, 1.82) is 0 Å². The second kappa shape index (κ2) is 8.52. The van der Waals surface area contributed by atoms with Crippen LogP contribution < -0.4 is 10.1 Å². The summed E-state index contributed by atoms with van der Waals surface area (Å²) in [4.78, 5) is 28.4. The number of aryl methyl sites for hydroxylation is 2. The molecule has 0 aliphatic carbocycles. The molecule has 0 saturated heterocycles. The van der Waals surface area contributed by atoms with Crippen LogP contribution >= 0.6 is 0 Å². The van der Waals surface area contributed by atoms with Gasteiger partial charge in [0.2, 0.25) is 0 Å². The smallest absolute Gasteiger partial charge is 0.356 e. The molecular formula is C22H22N2O4. The summed E-state index contributed by atoms with van der Waals surface area (Å²) in [6.45, 7) is 4.22. The number of nitrogens with zero attached hydrogens (tertiary/aromatic N) is 1. The van der Waals surface area contributed by atoms with Crippen LogP contribution in [-0.4, -0.2) is 30.6 Å². The van der Waals surface area contributed by atoms with Crippen LogP contribution in [0, 0.1) is 13.8 Å². The van der Waals surface area contributed by atoms with Crippen molar-refractivity contribution in [2.24, 2.45) is 0 Å². The Morgan fingerprint density at radius 3 is 2.43 bits per heavy atom. The standard InChI is InChI=1S/C22H22N2O4/c1-14-4-7-16(8-5-14)12-23-21(25)13-28-20-11-19(22(26)27-3)24-18-9-6-15(2)10-17(18)20/h4-11H,12-13H2,1-3H3,(H,23,25). The summed E-state index contributed by atoms with van der Waals surface area (Å²) in [5, 5.41) is 3.56. The number of benzene rings is 2. The normalized spacial score (nSPS) is 10.5. The highest BCUT2D eigenvalue weighted by Crippen LogP contribution is 2.27. The molecule has 3 aromatic rings. The van der Waals surface area contributed by atoms with E-state index in [9.17, 15) is 9.59 Å². The van der Waals surface area contributed by atoms with E-state index in [0.29, 0.717) is 17.8 Å². The van der Waals surface area contributed by atoms with Gasteiger partial charge in [-0.1, -0.05) is 41.5 Å². The Morgan fingerprint density at radius 1 is 1.00 bits per heavy atom. The van der Waals surface area contributed by atoms with E-state index in [-0.39, 0.29) is 18.2 Å². The third kappa shape index (κ3) is 4.65. The summed E-state index contributed by atoms with van der Waals surface area (Å²) in [5.41, 5.74) is 3.93. The number of ether oxygens (including phenoxy) is 2.